The molecule has 0 rings (SSSR count). The van der Waals surface area contributed by atoms with E-state index in [9.17, 15) is 9.90 Å². The Bertz CT molecular complexity index is 252. The van der Waals surface area contributed by atoms with E-state index < -0.39 is 16.7 Å². The molecule has 0 saturated carbocycles. The van der Waals surface area contributed by atoms with Crippen molar-refractivity contribution in [3.63, 3.8) is 0 Å². The van der Waals surface area contributed by atoms with Crippen molar-refractivity contribution in [1.29, 1.82) is 0 Å². The fourth-order valence-electron chi connectivity index (χ4n) is 1.12. The molecule has 1 amide bonds. The molecule has 0 aromatic carbocycles. The Kier molecular flexibility index (Phi) is 4.54. The van der Waals surface area contributed by atoms with Gasteiger partial charge in [0.1, 0.15) is 0 Å². The first-order valence-electron chi connectivity index (χ1n) is 5.74. The van der Waals surface area contributed by atoms with E-state index in [1.165, 1.54) is 0 Å². The molecular weight excluding hydrogens is 204 g/mol. The molecule has 16 heavy (non-hydrogen) atoms. The molecule has 0 saturated heterocycles. The van der Waals surface area contributed by atoms with Gasteiger partial charge in [-0.2, -0.15) is 0 Å². The lowest BCUT2D eigenvalue weighted by atomic mass is 9.85. The molecule has 0 atom stereocenters. The molecule has 0 unspecified atom stereocenters. The maximum atomic E-state index is 12.0. The van der Waals surface area contributed by atoms with Gasteiger partial charge in [-0.15, -0.1) is 0 Å². The van der Waals surface area contributed by atoms with Crippen molar-refractivity contribution in [2.24, 2.45) is 0 Å². The molecule has 4 nitrogen and oxygen atoms in total. The third kappa shape index (κ3) is 3.76. The minimum absolute atomic E-state index is 0.110. The summed E-state index contributed by atoms with van der Waals surface area (Å²) in [6, 6.07) is 0. The number of aliphatic hydroxyl groups is 1. The van der Waals surface area contributed by atoms with Crippen LogP contribution in [0.1, 0.15) is 48.5 Å². The van der Waals surface area contributed by atoms with Gasteiger partial charge in [-0.3, -0.25) is 4.79 Å². The lowest BCUT2D eigenvalue weighted by Gasteiger charge is -2.40. The molecular formula is C12H26N2O2. The average Bonchev–Trinajstić information content (AvgIpc) is 2.00. The molecule has 0 bridgehead atoms. The molecule has 0 spiro atoms. The third-order valence-electron chi connectivity index (χ3n) is 3.14. The van der Waals surface area contributed by atoms with Crippen molar-refractivity contribution in [3.05, 3.63) is 0 Å². The second-order valence-electron chi connectivity index (χ2n) is 5.79. The second kappa shape index (κ2) is 4.72. The Morgan fingerprint density at radius 3 is 1.88 bits per heavy atom. The van der Waals surface area contributed by atoms with E-state index in [1.54, 1.807) is 13.8 Å². The Balaban J connectivity index is 4.69. The highest BCUT2D eigenvalue weighted by atomic mass is 16.3. The van der Waals surface area contributed by atoms with E-state index in [0.717, 1.165) is 6.54 Å². The van der Waals surface area contributed by atoms with Gasteiger partial charge >= 0.3 is 0 Å². The molecule has 0 fully saturated rings. The number of carbonyl (C=O) groups is 1. The van der Waals surface area contributed by atoms with Crippen molar-refractivity contribution >= 4 is 5.91 Å². The van der Waals surface area contributed by atoms with E-state index >= 15 is 0 Å². The standard InChI is InChI=1S/C12H26N2O2/c1-8-13-10(2,3)9(15)14-11(4,5)12(6,7)16/h13,16H,8H2,1-7H3,(H,14,15). The Hall–Kier alpha value is -0.610. The van der Waals surface area contributed by atoms with Crippen molar-refractivity contribution in [3.8, 4) is 0 Å². The fourth-order valence-corrected chi connectivity index (χ4v) is 1.12. The van der Waals surface area contributed by atoms with Crippen molar-refractivity contribution in [2.75, 3.05) is 6.54 Å². The van der Waals surface area contributed by atoms with Gasteiger partial charge in [0, 0.05) is 0 Å². The molecule has 0 aliphatic carbocycles. The van der Waals surface area contributed by atoms with Gasteiger partial charge in [0.05, 0.1) is 16.7 Å². The van der Waals surface area contributed by atoms with Gasteiger partial charge in [-0.25, -0.2) is 0 Å². The van der Waals surface area contributed by atoms with Crippen LogP contribution >= 0.6 is 0 Å². The summed E-state index contributed by atoms with van der Waals surface area (Å²) in [5, 5.41) is 15.9. The predicted molar refractivity (Wildman–Crippen MR) is 66.3 cm³/mol. The zero-order valence-electron chi connectivity index (χ0n) is 11.6. The number of hydrogen-bond donors (Lipinski definition) is 3. The highest BCUT2D eigenvalue weighted by Gasteiger charge is 2.39. The maximum Gasteiger partial charge on any atom is 0.240 e. The summed E-state index contributed by atoms with van der Waals surface area (Å²) < 4.78 is 0. The lowest BCUT2D eigenvalue weighted by Crippen LogP contribution is -2.63. The van der Waals surface area contributed by atoms with Gasteiger partial charge in [-0.1, -0.05) is 6.92 Å². The highest BCUT2D eigenvalue weighted by molar-refractivity contribution is 5.86. The number of hydrogen-bond acceptors (Lipinski definition) is 3. The quantitative estimate of drug-likeness (QED) is 0.661. The minimum Gasteiger partial charge on any atom is -0.388 e. The van der Waals surface area contributed by atoms with Crippen molar-refractivity contribution < 1.29 is 9.90 Å². The van der Waals surface area contributed by atoms with Gasteiger partial charge in [0.15, 0.2) is 0 Å². The fraction of sp³-hybridized carbons (Fsp3) is 0.917. The van der Waals surface area contributed by atoms with Gasteiger partial charge in [0.25, 0.3) is 0 Å². The van der Waals surface area contributed by atoms with Gasteiger partial charge in [-0.05, 0) is 48.1 Å². The zero-order chi connectivity index (χ0) is 13.2. The zero-order valence-corrected chi connectivity index (χ0v) is 11.6. The van der Waals surface area contributed by atoms with Gasteiger partial charge < -0.3 is 15.7 Å². The van der Waals surface area contributed by atoms with E-state index in [1.807, 2.05) is 34.6 Å². The lowest BCUT2D eigenvalue weighted by molar-refractivity contribution is -0.131. The summed E-state index contributed by atoms with van der Waals surface area (Å²) in [5.74, 6) is -0.110. The molecule has 0 heterocycles. The Labute approximate surface area is 98.8 Å². The molecule has 96 valence electrons. The largest absolute Gasteiger partial charge is 0.388 e. The molecule has 0 aliphatic heterocycles. The van der Waals surface area contributed by atoms with E-state index in [0.29, 0.717) is 0 Å². The van der Waals surface area contributed by atoms with Crippen molar-refractivity contribution in [1.82, 2.24) is 10.6 Å². The molecule has 3 N–H and O–H groups in total. The van der Waals surface area contributed by atoms with Crippen LogP contribution < -0.4 is 10.6 Å². The monoisotopic (exact) mass is 230 g/mol. The summed E-state index contributed by atoms with van der Waals surface area (Å²) in [7, 11) is 0. The van der Waals surface area contributed by atoms with E-state index in [-0.39, 0.29) is 5.91 Å². The molecule has 0 aromatic rings. The minimum atomic E-state index is -0.967. The van der Waals surface area contributed by atoms with Crippen molar-refractivity contribution in [2.45, 2.75) is 65.1 Å². The first kappa shape index (κ1) is 15.4. The summed E-state index contributed by atoms with van der Waals surface area (Å²) in [6.45, 7) is 13.3. The molecule has 4 heteroatoms. The number of rotatable bonds is 5. The Morgan fingerprint density at radius 1 is 1.12 bits per heavy atom. The molecule has 0 aromatic heterocycles. The third-order valence-corrected chi connectivity index (χ3v) is 3.14. The second-order valence-corrected chi connectivity index (χ2v) is 5.79. The van der Waals surface area contributed by atoms with Crippen LogP contribution in [0.3, 0.4) is 0 Å². The Morgan fingerprint density at radius 2 is 1.56 bits per heavy atom. The average molecular weight is 230 g/mol. The number of nitrogens with one attached hydrogen (secondary N) is 2. The smallest absolute Gasteiger partial charge is 0.240 e. The normalized spacial score (nSPS) is 13.8. The van der Waals surface area contributed by atoms with Crippen LogP contribution in [-0.4, -0.2) is 34.2 Å². The summed E-state index contributed by atoms with van der Waals surface area (Å²) in [4.78, 5) is 12.0. The van der Waals surface area contributed by atoms with E-state index in [2.05, 4.69) is 10.6 Å². The summed E-state index contributed by atoms with van der Waals surface area (Å²) >= 11 is 0. The first-order chi connectivity index (χ1) is 6.94. The van der Waals surface area contributed by atoms with Gasteiger partial charge in [0.2, 0.25) is 5.91 Å². The van der Waals surface area contributed by atoms with Crippen LogP contribution in [0.4, 0.5) is 0 Å². The van der Waals surface area contributed by atoms with Crippen LogP contribution in [0.15, 0.2) is 0 Å². The van der Waals surface area contributed by atoms with Crippen LogP contribution in [0, 0.1) is 0 Å². The number of likely N-dealkylation sites (N-methyl/N-ethyl adjacent to an activating group) is 1. The summed E-state index contributed by atoms with van der Waals surface area (Å²) in [5.41, 5.74) is -2.26. The van der Waals surface area contributed by atoms with E-state index in [4.69, 9.17) is 0 Å². The number of carbonyl (C=O) groups excluding carboxylic acids is 1. The SMILES string of the molecule is CCNC(C)(C)C(=O)NC(C)(C)C(C)(C)O. The number of amides is 1. The molecule has 0 radical (unpaired) electrons. The van der Waals surface area contributed by atoms with Crippen LogP contribution in [0.25, 0.3) is 0 Å². The molecule has 0 aliphatic rings. The topological polar surface area (TPSA) is 61.4 Å². The highest BCUT2D eigenvalue weighted by Crippen LogP contribution is 2.21. The maximum absolute atomic E-state index is 12.0. The first-order valence-corrected chi connectivity index (χ1v) is 5.74. The van der Waals surface area contributed by atoms with Crippen LogP contribution in [0.2, 0.25) is 0 Å². The predicted octanol–water partition coefficient (Wildman–Crippen LogP) is 1.04. The summed E-state index contributed by atoms with van der Waals surface area (Å²) in [6.07, 6.45) is 0. The van der Waals surface area contributed by atoms with Crippen LogP contribution in [0.5, 0.6) is 0 Å². The van der Waals surface area contributed by atoms with Crippen LogP contribution in [-0.2, 0) is 4.79 Å².